The van der Waals surface area contributed by atoms with Crippen LogP contribution in [0.3, 0.4) is 0 Å². The van der Waals surface area contributed by atoms with Crippen molar-refractivity contribution in [2.45, 2.75) is 23.8 Å². The Morgan fingerprint density at radius 1 is 1.44 bits per heavy atom. The van der Waals surface area contributed by atoms with Gasteiger partial charge < -0.3 is 5.11 Å². The smallest absolute Gasteiger partial charge is 0.318 e. The molecule has 0 unspecified atom stereocenters. The molecule has 0 bridgehead atoms. The van der Waals surface area contributed by atoms with Crippen molar-refractivity contribution in [3.63, 3.8) is 0 Å². The summed E-state index contributed by atoms with van der Waals surface area (Å²) in [4.78, 5) is 10.5. The predicted octanol–water partition coefficient (Wildman–Crippen LogP) is 1.06. The molecule has 0 aliphatic heterocycles. The van der Waals surface area contributed by atoms with E-state index in [-0.39, 0.29) is 10.9 Å². The number of hydrogen-bond acceptors (Lipinski definition) is 3. The molecule has 98 valence electrons. The number of hydrogen-bond donors (Lipinski definition) is 1. The lowest BCUT2D eigenvalue weighted by Gasteiger charge is -2.19. The van der Waals surface area contributed by atoms with Crippen molar-refractivity contribution < 1.29 is 22.7 Å². The number of aliphatic carboxylic acids is 1. The zero-order valence-corrected chi connectivity index (χ0v) is 10.2. The van der Waals surface area contributed by atoms with Crippen LogP contribution in [-0.4, -0.2) is 36.4 Å². The van der Waals surface area contributed by atoms with Crippen LogP contribution >= 0.6 is 0 Å². The first kappa shape index (κ1) is 13.0. The van der Waals surface area contributed by atoms with Crippen LogP contribution in [0.25, 0.3) is 0 Å². The molecule has 5 nitrogen and oxygen atoms in total. The Kier molecular flexibility index (Phi) is 3.36. The molecule has 1 fully saturated rings. The Hall–Kier alpha value is -1.47. The van der Waals surface area contributed by atoms with Gasteiger partial charge >= 0.3 is 5.97 Å². The van der Waals surface area contributed by atoms with Crippen LogP contribution in [-0.2, 0) is 14.8 Å². The Morgan fingerprint density at radius 3 is 2.61 bits per heavy atom. The lowest BCUT2D eigenvalue weighted by molar-refractivity contribution is -0.137. The minimum absolute atomic E-state index is 0.212. The average molecular weight is 273 g/mol. The highest BCUT2D eigenvalue weighted by Gasteiger charge is 2.39. The van der Waals surface area contributed by atoms with Gasteiger partial charge in [-0.3, -0.25) is 4.79 Å². The molecule has 0 spiro atoms. The molecule has 1 N–H and O–H groups in total. The normalized spacial score (nSPS) is 15.9. The van der Waals surface area contributed by atoms with Crippen molar-refractivity contribution in [3.05, 3.63) is 30.1 Å². The van der Waals surface area contributed by atoms with E-state index in [2.05, 4.69) is 0 Å². The number of sulfonamides is 1. The van der Waals surface area contributed by atoms with Gasteiger partial charge in [0, 0.05) is 6.04 Å². The fourth-order valence-corrected chi connectivity index (χ4v) is 3.34. The molecular formula is C11H12FNO4S. The summed E-state index contributed by atoms with van der Waals surface area (Å²) in [7, 11) is -3.94. The van der Waals surface area contributed by atoms with E-state index in [1.807, 2.05) is 0 Å². The van der Waals surface area contributed by atoms with Crippen molar-refractivity contribution >= 4 is 16.0 Å². The first-order chi connectivity index (χ1) is 8.41. The zero-order chi connectivity index (χ0) is 13.3. The van der Waals surface area contributed by atoms with Crippen LogP contribution in [0.5, 0.6) is 0 Å². The van der Waals surface area contributed by atoms with E-state index < -0.39 is 28.4 Å². The van der Waals surface area contributed by atoms with E-state index in [0.29, 0.717) is 12.8 Å². The van der Waals surface area contributed by atoms with Gasteiger partial charge in [0.2, 0.25) is 10.0 Å². The third-order valence-electron chi connectivity index (χ3n) is 2.65. The maximum atomic E-state index is 13.0. The summed E-state index contributed by atoms with van der Waals surface area (Å²) >= 11 is 0. The molecule has 1 saturated carbocycles. The predicted molar refractivity (Wildman–Crippen MR) is 60.9 cm³/mol. The van der Waals surface area contributed by atoms with Gasteiger partial charge in [0.05, 0.1) is 4.90 Å². The van der Waals surface area contributed by atoms with Gasteiger partial charge in [-0.1, -0.05) is 6.07 Å². The third kappa shape index (κ3) is 2.68. The van der Waals surface area contributed by atoms with Crippen molar-refractivity contribution in [3.8, 4) is 0 Å². The van der Waals surface area contributed by atoms with Crippen molar-refractivity contribution in [2.75, 3.05) is 6.54 Å². The van der Waals surface area contributed by atoms with Crippen LogP contribution in [0.15, 0.2) is 29.2 Å². The SMILES string of the molecule is O=C(O)CN(C1CC1)S(=O)(=O)c1cccc(F)c1. The average Bonchev–Trinajstić information content (AvgIpc) is 3.09. The molecular weight excluding hydrogens is 261 g/mol. The van der Waals surface area contributed by atoms with Crippen LogP contribution in [0.4, 0.5) is 4.39 Å². The number of carbonyl (C=O) groups is 1. The highest BCUT2D eigenvalue weighted by molar-refractivity contribution is 7.89. The molecule has 1 aliphatic carbocycles. The first-order valence-corrected chi connectivity index (χ1v) is 6.84. The molecule has 1 aromatic rings. The highest BCUT2D eigenvalue weighted by atomic mass is 32.2. The topological polar surface area (TPSA) is 74.7 Å². The number of halogens is 1. The van der Waals surface area contributed by atoms with Crippen LogP contribution < -0.4 is 0 Å². The molecule has 18 heavy (non-hydrogen) atoms. The summed E-state index contributed by atoms with van der Waals surface area (Å²) in [6, 6.07) is 4.29. The van der Waals surface area contributed by atoms with E-state index in [4.69, 9.17) is 5.11 Å². The lowest BCUT2D eigenvalue weighted by Crippen LogP contribution is -2.37. The molecule has 2 rings (SSSR count). The van der Waals surface area contributed by atoms with Gasteiger partial charge in [0.1, 0.15) is 12.4 Å². The molecule has 0 amide bonds. The van der Waals surface area contributed by atoms with Crippen LogP contribution in [0, 0.1) is 5.82 Å². The fourth-order valence-electron chi connectivity index (χ4n) is 1.67. The van der Waals surface area contributed by atoms with Gasteiger partial charge in [-0.2, -0.15) is 4.31 Å². The standard InChI is InChI=1S/C11H12FNO4S/c12-8-2-1-3-10(6-8)18(16,17)13(7-11(14)15)9-4-5-9/h1-3,6,9H,4-5,7H2,(H,14,15). The first-order valence-electron chi connectivity index (χ1n) is 5.40. The summed E-state index contributed by atoms with van der Waals surface area (Å²) in [6.45, 7) is -0.594. The molecule has 7 heteroatoms. The Bertz CT molecular complexity index is 568. The van der Waals surface area contributed by atoms with E-state index in [1.165, 1.54) is 12.1 Å². The fraction of sp³-hybridized carbons (Fsp3) is 0.364. The second kappa shape index (κ2) is 4.66. The van der Waals surface area contributed by atoms with E-state index in [9.17, 15) is 17.6 Å². The number of carboxylic acids is 1. The third-order valence-corrected chi connectivity index (χ3v) is 4.54. The molecule has 0 aromatic heterocycles. The maximum absolute atomic E-state index is 13.0. The van der Waals surface area contributed by atoms with E-state index >= 15 is 0 Å². The minimum atomic E-state index is -3.94. The lowest BCUT2D eigenvalue weighted by atomic mass is 10.4. The molecule has 0 saturated heterocycles. The Labute approximate surface area is 104 Å². The second-order valence-corrected chi connectivity index (χ2v) is 6.02. The minimum Gasteiger partial charge on any atom is -0.480 e. The zero-order valence-electron chi connectivity index (χ0n) is 9.41. The largest absolute Gasteiger partial charge is 0.480 e. The highest BCUT2D eigenvalue weighted by Crippen LogP contribution is 2.31. The monoisotopic (exact) mass is 273 g/mol. The van der Waals surface area contributed by atoms with Gasteiger partial charge in [0.25, 0.3) is 0 Å². The Balaban J connectivity index is 2.36. The van der Waals surface area contributed by atoms with Crippen molar-refractivity contribution in [1.82, 2.24) is 4.31 Å². The molecule has 1 aromatic carbocycles. The van der Waals surface area contributed by atoms with Gasteiger partial charge in [-0.05, 0) is 31.0 Å². The summed E-state index contributed by atoms with van der Waals surface area (Å²) in [5.74, 6) is -1.89. The molecule has 0 atom stereocenters. The molecule has 1 aliphatic rings. The summed E-state index contributed by atoms with van der Waals surface area (Å²) in [6.07, 6.45) is 1.28. The summed E-state index contributed by atoms with van der Waals surface area (Å²) in [5, 5.41) is 8.75. The van der Waals surface area contributed by atoms with Gasteiger partial charge in [-0.15, -0.1) is 0 Å². The van der Waals surface area contributed by atoms with E-state index in [1.54, 1.807) is 0 Å². The molecule has 0 radical (unpaired) electrons. The summed E-state index contributed by atoms with van der Waals surface area (Å²) in [5.41, 5.74) is 0. The quantitative estimate of drug-likeness (QED) is 0.870. The second-order valence-electron chi connectivity index (χ2n) is 4.13. The number of rotatable bonds is 5. The van der Waals surface area contributed by atoms with Gasteiger partial charge in [-0.25, -0.2) is 12.8 Å². The number of nitrogens with zero attached hydrogens (tertiary/aromatic N) is 1. The Morgan fingerprint density at radius 2 is 2.11 bits per heavy atom. The van der Waals surface area contributed by atoms with Crippen molar-refractivity contribution in [1.29, 1.82) is 0 Å². The van der Waals surface area contributed by atoms with Crippen LogP contribution in [0.1, 0.15) is 12.8 Å². The van der Waals surface area contributed by atoms with Crippen LogP contribution in [0.2, 0.25) is 0 Å². The number of carboxylic acid groups (broad SMARTS) is 1. The van der Waals surface area contributed by atoms with Crippen molar-refractivity contribution in [2.24, 2.45) is 0 Å². The number of benzene rings is 1. The maximum Gasteiger partial charge on any atom is 0.318 e. The van der Waals surface area contributed by atoms with E-state index in [0.717, 1.165) is 16.4 Å². The summed E-state index contributed by atoms with van der Waals surface area (Å²) < 4.78 is 38.4. The molecule has 0 heterocycles. The van der Waals surface area contributed by atoms with Gasteiger partial charge in [0.15, 0.2) is 0 Å².